The first-order chi connectivity index (χ1) is 10.7. The molecule has 0 bridgehead atoms. The molecule has 0 radical (unpaired) electrons. The van der Waals surface area contributed by atoms with Gasteiger partial charge in [-0.05, 0) is 43.0 Å². The van der Waals surface area contributed by atoms with Crippen molar-refractivity contribution >= 4 is 50.7 Å². The molecule has 22 heavy (non-hydrogen) atoms. The summed E-state index contributed by atoms with van der Waals surface area (Å²) in [5, 5.41) is 23.4. The largest absolute Gasteiger partial charge is 0.360 e. The summed E-state index contributed by atoms with van der Waals surface area (Å²) in [5.74, 6) is 0. The Morgan fingerprint density at radius 3 is 3.00 bits per heavy atom. The van der Waals surface area contributed by atoms with Crippen molar-refractivity contribution in [2.45, 2.75) is 16.3 Å². The van der Waals surface area contributed by atoms with Crippen LogP contribution in [0.5, 0.6) is 0 Å². The lowest BCUT2D eigenvalue weighted by molar-refractivity contribution is 0.999. The van der Waals surface area contributed by atoms with Crippen LogP contribution in [0.2, 0.25) is 5.02 Å². The van der Waals surface area contributed by atoms with Gasteiger partial charge in [0, 0.05) is 17.0 Å². The van der Waals surface area contributed by atoms with E-state index in [1.54, 1.807) is 18.2 Å². The summed E-state index contributed by atoms with van der Waals surface area (Å²) >= 11 is 8.84. The summed E-state index contributed by atoms with van der Waals surface area (Å²) in [4.78, 5) is 4.55. The molecule has 3 aromatic rings. The Morgan fingerprint density at radius 2 is 2.23 bits per heavy atom. The molecule has 0 unspecified atom stereocenters. The quantitative estimate of drug-likeness (QED) is 0.762. The van der Waals surface area contributed by atoms with Gasteiger partial charge in [0.05, 0.1) is 17.1 Å². The molecule has 1 aromatic carbocycles. The Bertz CT molecular complexity index is 871. The first kappa shape index (κ1) is 15.0. The van der Waals surface area contributed by atoms with Crippen LogP contribution in [0.3, 0.4) is 0 Å². The molecule has 2 aromatic heterocycles. The van der Waals surface area contributed by atoms with Gasteiger partial charge in [0.15, 0.2) is 4.34 Å². The number of nitrogens with one attached hydrogen (secondary N) is 1. The highest BCUT2D eigenvalue weighted by atomic mass is 35.5. The lowest BCUT2D eigenvalue weighted by Crippen LogP contribution is -1.94. The van der Waals surface area contributed by atoms with E-state index < -0.39 is 0 Å². The number of rotatable bonds is 4. The lowest BCUT2D eigenvalue weighted by Gasteiger charge is -2.03. The summed E-state index contributed by atoms with van der Waals surface area (Å²) in [5.41, 5.74) is 1.29. The molecular formula is C14H10ClN5S2. The molecule has 0 fully saturated rings. The first-order valence-corrected chi connectivity index (χ1v) is 8.46. The van der Waals surface area contributed by atoms with E-state index in [0.29, 0.717) is 15.6 Å². The van der Waals surface area contributed by atoms with Crippen LogP contribution < -0.4 is 5.32 Å². The molecule has 0 saturated carbocycles. The summed E-state index contributed by atoms with van der Waals surface area (Å²) < 4.78 is 0.778. The third-order valence-corrected chi connectivity index (χ3v) is 4.88. The van der Waals surface area contributed by atoms with Crippen LogP contribution in [0.4, 0.5) is 5.13 Å². The monoisotopic (exact) mass is 347 g/mol. The average Bonchev–Trinajstić information content (AvgIpc) is 2.94. The third kappa shape index (κ3) is 3.14. The van der Waals surface area contributed by atoms with Crippen LogP contribution >= 0.6 is 34.7 Å². The van der Waals surface area contributed by atoms with Gasteiger partial charge in [-0.15, -0.1) is 10.2 Å². The van der Waals surface area contributed by atoms with Crippen LogP contribution in [0, 0.1) is 11.3 Å². The molecular weight excluding hydrogens is 338 g/mol. The number of fused-ring (bicyclic) bond motifs is 1. The van der Waals surface area contributed by atoms with E-state index in [0.717, 1.165) is 26.9 Å². The van der Waals surface area contributed by atoms with E-state index in [2.05, 4.69) is 26.6 Å². The van der Waals surface area contributed by atoms with Crippen LogP contribution in [0.25, 0.3) is 10.9 Å². The fraction of sp³-hybridized carbons (Fsp3) is 0.143. The smallest absolute Gasteiger partial charge is 0.206 e. The Morgan fingerprint density at radius 1 is 1.36 bits per heavy atom. The molecule has 0 aliphatic carbocycles. The molecule has 0 spiro atoms. The Labute approximate surface area is 140 Å². The molecule has 0 aliphatic heterocycles. The SMILES string of the molecule is CCNc1nnc(Sc2cc(C#N)c3cc(Cl)ccc3n2)s1. The lowest BCUT2D eigenvalue weighted by atomic mass is 10.1. The Kier molecular flexibility index (Phi) is 4.43. The van der Waals surface area contributed by atoms with Gasteiger partial charge in [0.1, 0.15) is 5.03 Å². The summed E-state index contributed by atoms with van der Waals surface area (Å²) in [6.07, 6.45) is 0. The molecule has 3 rings (SSSR count). The second-order valence-electron chi connectivity index (χ2n) is 4.29. The first-order valence-electron chi connectivity index (χ1n) is 6.45. The summed E-state index contributed by atoms with van der Waals surface area (Å²) in [7, 11) is 0. The van der Waals surface area contributed by atoms with Gasteiger partial charge in [-0.1, -0.05) is 22.9 Å². The van der Waals surface area contributed by atoms with Crippen LogP contribution in [-0.4, -0.2) is 21.7 Å². The minimum absolute atomic E-state index is 0.548. The second-order valence-corrected chi connectivity index (χ2v) is 6.97. The average molecular weight is 348 g/mol. The summed E-state index contributed by atoms with van der Waals surface area (Å²) in [6, 6.07) is 9.27. The number of nitriles is 1. The highest BCUT2D eigenvalue weighted by Crippen LogP contribution is 2.33. The van der Waals surface area contributed by atoms with Gasteiger partial charge < -0.3 is 5.32 Å². The van der Waals surface area contributed by atoms with Crippen molar-refractivity contribution in [2.75, 3.05) is 11.9 Å². The van der Waals surface area contributed by atoms with Gasteiger partial charge in [0.25, 0.3) is 0 Å². The molecule has 8 heteroatoms. The number of aromatic nitrogens is 3. The van der Waals surface area contributed by atoms with E-state index in [1.165, 1.54) is 23.1 Å². The fourth-order valence-electron chi connectivity index (χ4n) is 1.88. The predicted molar refractivity (Wildman–Crippen MR) is 89.7 cm³/mol. The maximum atomic E-state index is 9.33. The van der Waals surface area contributed by atoms with Crippen molar-refractivity contribution in [2.24, 2.45) is 0 Å². The number of halogens is 1. The van der Waals surface area contributed by atoms with E-state index in [9.17, 15) is 5.26 Å². The van der Waals surface area contributed by atoms with Crippen molar-refractivity contribution in [3.63, 3.8) is 0 Å². The minimum atomic E-state index is 0.548. The number of pyridine rings is 1. The number of hydrogen-bond acceptors (Lipinski definition) is 7. The minimum Gasteiger partial charge on any atom is -0.360 e. The van der Waals surface area contributed by atoms with E-state index in [4.69, 9.17) is 11.6 Å². The number of nitrogens with zero attached hydrogens (tertiary/aromatic N) is 4. The topological polar surface area (TPSA) is 74.5 Å². The maximum absolute atomic E-state index is 9.33. The molecule has 0 atom stereocenters. The predicted octanol–water partition coefficient (Wildman–Crippen LogP) is 4.19. The van der Waals surface area contributed by atoms with Crippen molar-refractivity contribution in [1.29, 1.82) is 5.26 Å². The van der Waals surface area contributed by atoms with Crippen molar-refractivity contribution < 1.29 is 0 Å². The number of hydrogen-bond donors (Lipinski definition) is 1. The highest BCUT2D eigenvalue weighted by Gasteiger charge is 2.10. The third-order valence-electron chi connectivity index (χ3n) is 2.79. The van der Waals surface area contributed by atoms with Gasteiger partial charge in [-0.2, -0.15) is 5.26 Å². The Hall–Kier alpha value is -1.88. The van der Waals surface area contributed by atoms with Crippen LogP contribution in [0.1, 0.15) is 12.5 Å². The van der Waals surface area contributed by atoms with Crippen molar-refractivity contribution in [3.05, 3.63) is 34.9 Å². The van der Waals surface area contributed by atoms with Crippen LogP contribution in [-0.2, 0) is 0 Å². The van der Waals surface area contributed by atoms with E-state index in [1.807, 2.05) is 13.0 Å². The molecule has 110 valence electrons. The zero-order chi connectivity index (χ0) is 15.5. The summed E-state index contributed by atoms with van der Waals surface area (Å²) in [6.45, 7) is 2.80. The van der Waals surface area contributed by atoms with Crippen LogP contribution in [0.15, 0.2) is 33.6 Å². The van der Waals surface area contributed by atoms with Gasteiger partial charge in [-0.25, -0.2) is 4.98 Å². The van der Waals surface area contributed by atoms with Gasteiger partial charge in [-0.3, -0.25) is 0 Å². The molecule has 0 amide bonds. The number of anilines is 1. The normalized spacial score (nSPS) is 10.6. The van der Waals surface area contributed by atoms with E-state index in [-0.39, 0.29) is 0 Å². The van der Waals surface area contributed by atoms with Crippen molar-refractivity contribution in [3.8, 4) is 6.07 Å². The maximum Gasteiger partial charge on any atom is 0.206 e. The standard InChI is InChI=1S/C14H10ClN5S2/c1-2-17-13-19-20-14(22-13)21-12-5-8(7-16)10-6-9(15)3-4-11(10)18-12/h3-6H,2H2,1H3,(H,17,19). The zero-order valence-corrected chi connectivity index (χ0v) is 13.9. The molecule has 1 N–H and O–H groups in total. The molecule has 2 heterocycles. The fourth-order valence-corrected chi connectivity index (χ4v) is 3.84. The molecule has 5 nitrogen and oxygen atoms in total. The molecule has 0 saturated heterocycles. The number of benzene rings is 1. The molecule has 0 aliphatic rings. The Balaban J connectivity index is 1.97. The van der Waals surface area contributed by atoms with Crippen molar-refractivity contribution in [1.82, 2.24) is 15.2 Å². The highest BCUT2D eigenvalue weighted by molar-refractivity contribution is 8.01. The zero-order valence-electron chi connectivity index (χ0n) is 11.5. The van der Waals surface area contributed by atoms with Gasteiger partial charge >= 0.3 is 0 Å². The van der Waals surface area contributed by atoms with E-state index >= 15 is 0 Å². The second kappa shape index (κ2) is 6.48. The van der Waals surface area contributed by atoms with Gasteiger partial charge in [0.2, 0.25) is 5.13 Å².